The molecule has 0 aromatic heterocycles. The van der Waals surface area contributed by atoms with Crippen molar-refractivity contribution < 1.29 is 17.6 Å². The van der Waals surface area contributed by atoms with Gasteiger partial charge in [-0.2, -0.15) is 0 Å². The number of sulfonamides is 1. The van der Waals surface area contributed by atoms with Crippen molar-refractivity contribution in [3.05, 3.63) is 88.7 Å². The number of para-hydroxylation sites is 1. The summed E-state index contributed by atoms with van der Waals surface area (Å²) in [6.45, 7) is 7.33. The summed E-state index contributed by atoms with van der Waals surface area (Å²) in [5.74, 6) is -0.427. The van der Waals surface area contributed by atoms with Crippen molar-refractivity contribution in [2.24, 2.45) is 0 Å². The zero-order chi connectivity index (χ0) is 24.2. The zero-order valence-electron chi connectivity index (χ0n) is 19.1. The molecule has 0 saturated heterocycles. The van der Waals surface area contributed by atoms with Crippen LogP contribution >= 0.6 is 0 Å². The predicted octanol–water partition coefficient (Wildman–Crippen LogP) is 5.08. The summed E-state index contributed by atoms with van der Waals surface area (Å²) >= 11 is 0. The first-order valence-electron chi connectivity index (χ1n) is 10.6. The number of amides is 2. The fraction of sp³-hybridized carbons (Fsp3) is 0.240. The van der Waals surface area contributed by atoms with E-state index in [1.165, 1.54) is 29.2 Å². The number of nitrogens with zero attached hydrogens (tertiary/aromatic N) is 1. The Kier molecular flexibility index (Phi) is 7.50. The van der Waals surface area contributed by atoms with E-state index in [0.29, 0.717) is 22.5 Å². The minimum atomic E-state index is -3.78. The smallest absolute Gasteiger partial charge is 0.307 e. The number of nitrogens with one attached hydrogen (secondary N) is 2. The Morgan fingerprint density at radius 2 is 1.52 bits per heavy atom. The van der Waals surface area contributed by atoms with Crippen LogP contribution in [0, 0.1) is 33.5 Å². The number of anilines is 2. The molecular weight excluding hydrogens is 441 g/mol. The SMILES string of the molecule is Cc1cc(C)c(S(=O)(=O)NCCN(C(=O)Nc2ccccc2C)c2ccc(F)cc2)c(C)c1. The summed E-state index contributed by atoms with van der Waals surface area (Å²) in [6, 6.07) is 16.0. The maximum Gasteiger partial charge on any atom is 0.326 e. The third-order valence-corrected chi connectivity index (χ3v) is 7.04. The number of halogens is 1. The number of carbonyl (C=O) groups excluding carboxylic acids is 1. The van der Waals surface area contributed by atoms with Gasteiger partial charge in [0.1, 0.15) is 5.82 Å². The Morgan fingerprint density at radius 1 is 0.909 bits per heavy atom. The van der Waals surface area contributed by atoms with E-state index in [0.717, 1.165) is 11.1 Å². The van der Waals surface area contributed by atoms with Gasteiger partial charge in [-0.25, -0.2) is 22.3 Å². The monoisotopic (exact) mass is 469 g/mol. The van der Waals surface area contributed by atoms with Gasteiger partial charge in [0.15, 0.2) is 0 Å². The molecular formula is C25H28FN3O3S. The molecule has 2 N–H and O–H groups in total. The predicted molar refractivity (Wildman–Crippen MR) is 130 cm³/mol. The van der Waals surface area contributed by atoms with Gasteiger partial charge in [0, 0.05) is 24.5 Å². The highest BCUT2D eigenvalue weighted by atomic mass is 32.2. The molecule has 0 fully saturated rings. The Hall–Kier alpha value is -3.23. The van der Waals surface area contributed by atoms with E-state index in [9.17, 15) is 17.6 Å². The minimum Gasteiger partial charge on any atom is -0.307 e. The summed E-state index contributed by atoms with van der Waals surface area (Å²) in [4.78, 5) is 14.7. The number of aryl methyl sites for hydroxylation is 4. The lowest BCUT2D eigenvalue weighted by Gasteiger charge is -2.24. The van der Waals surface area contributed by atoms with Crippen molar-refractivity contribution in [1.82, 2.24) is 4.72 Å². The lowest BCUT2D eigenvalue weighted by Crippen LogP contribution is -2.41. The lowest BCUT2D eigenvalue weighted by molar-refractivity contribution is 0.257. The van der Waals surface area contributed by atoms with Crippen molar-refractivity contribution in [1.29, 1.82) is 0 Å². The lowest BCUT2D eigenvalue weighted by atomic mass is 10.1. The van der Waals surface area contributed by atoms with Gasteiger partial charge in [0.05, 0.1) is 4.90 Å². The number of carbonyl (C=O) groups is 1. The van der Waals surface area contributed by atoms with E-state index in [2.05, 4.69) is 10.0 Å². The Bertz CT molecular complexity index is 1240. The maximum absolute atomic E-state index is 13.4. The molecule has 0 aliphatic carbocycles. The molecule has 3 aromatic rings. The van der Waals surface area contributed by atoms with Crippen molar-refractivity contribution >= 4 is 27.4 Å². The maximum atomic E-state index is 13.4. The van der Waals surface area contributed by atoms with E-state index in [4.69, 9.17) is 0 Å². The minimum absolute atomic E-state index is 0.0202. The van der Waals surface area contributed by atoms with Crippen LogP contribution in [0.25, 0.3) is 0 Å². The van der Waals surface area contributed by atoms with Gasteiger partial charge in [0.25, 0.3) is 0 Å². The van der Waals surface area contributed by atoms with Gasteiger partial charge >= 0.3 is 6.03 Å². The van der Waals surface area contributed by atoms with Crippen LogP contribution in [0.5, 0.6) is 0 Å². The number of benzene rings is 3. The van der Waals surface area contributed by atoms with Gasteiger partial charge in [-0.3, -0.25) is 4.90 Å². The van der Waals surface area contributed by atoms with E-state index in [1.54, 1.807) is 19.9 Å². The van der Waals surface area contributed by atoms with E-state index >= 15 is 0 Å². The summed E-state index contributed by atoms with van der Waals surface area (Å²) in [5, 5.41) is 2.84. The van der Waals surface area contributed by atoms with Crippen LogP contribution in [0.2, 0.25) is 0 Å². The molecule has 6 nitrogen and oxygen atoms in total. The first kappa shape index (κ1) is 24.4. The van der Waals surface area contributed by atoms with E-state index in [-0.39, 0.29) is 18.0 Å². The van der Waals surface area contributed by atoms with Gasteiger partial charge in [0.2, 0.25) is 10.0 Å². The molecule has 0 saturated carbocycles. The molecule has 0 atom stereocenters. The molecule has 0 aliphatic rings. The number of rotatable bonds is 7. The number of hydrogen-bond donors (Lipinski definition) is 2. The summed E-state index contributed by atoms with van der Waals surface area (Å²) in [7, 11) is -3.78. The second-order valence-electron chi connectivity index (χ2n) is 8.00. The van der Waals surface area contributed by atoms with Gasteiger partial charge in [-0.05, 0) is 74.7 Å². The van der Waals surface area contributed by atoms with Crippen LogP contribution in [0.3, 0.4) is 0 Å². The molecule has 2 amide bonds. The van der Waals surface area contributed by atoms with Crippen LogP contribution in [0.15, 0.2) is 65.6 Å². The quantitative estimate of drug-likeness (QED) is 0.507. The van der Waals surface area contributed by atoms with Crippen LogP contribution in [-0.2, 0) is 10.0 Å². The van der Waals surface area contributed by atoms with E-state index in [1.807, 2.05) is 44.2 Å². The van der Waals surface area contributed by atoms with Crippen molar-refractivity contribution in [2.75, 3.05) is 23.3 Å². The first-order valence-corrected chi connectivity index (χ1v) is 12.0. The third kappa shape index (κ3) is 5.97. The fourth-order valence-electron chi connectivity index (χ4n) is 3.82. The highest BCUT2D eigenvalue weighted by Crippen LogP contribution is 2.22. The van der Waals surface area contributed by atoms with E-state index < -0.39 is 21.9 Å². The molecule has 0 heterocycles. The zero-order valence-corrected chi connectivity index (χ0v) is 20.0. The Balaban J connectivity index is 1.80. The molecule has 33 heavy (non-hydrogen) atoms. The molecule has 0 unspecified atom stereocenters. The summed E-state index contributed by atoms with van der Waals surface area (Å²) in [6.07, 6.45) is 0. The first-order chi connectivity index (χ1) is 15.6. The number of hydrogen-bond acceptors (Lipinski definition) is 3. The largest absolute Gasteiger partial charge is 0.326 e. The van der Waals surface area contributed by atoms with Crippen LogP contribution < -0.4 is 14.9 Å². The Morgan fingerprint density at radius 3 is 2.12 bits per heavy atom. The van der Waals surface area contributed by atoms with Gasteiger partial charge in [-0.1, -0.05) is 35.9 Å². The number of urea groups is 1. The van der Waals surface area contributed by atoms with Crippen LogP contribution in [0.1, 0.15) is 22.3 Å². The molecule has 0 aliphatic heterocycles. The molecule has 0 bridgehead atoms. The van der Waals surface area contributed by atoms with Crippen molar-refractivity contribution in [3.8, 4) is 0 Å². The molecule has 0 spiro atoms. The van der Waals surface area contributed by atoms with Crippen LogP contribution in [0.4, 0.5) is 20.6 Å². The Labute approximate surface area is 194 Å². The second-order valence-corrected chi connectivity index (χ2v) is 9.70. The van der Waals surface area contributed by atoms with Crippen molar-refractivity contribution in [3.63, 3.8) is 0 Å². The molecule has 3 aromatic carbocycles. The van der Waals surface area contributed by atoms with Crippen LogP contribution in [-0.4, -0.2) is 27.5 Å². The topological polar surface area (TPSA) is 78.5 Å². The van der Waals surface area contributed by atoms with Gasteiger partial charge < -0.3 is 5.32 Å². The normalized spacial score (nSPS) is 11.3. The average molecular weight is 470 g/mol. The molecule has 174 valence electrons. The highest BCUT2D eigenvalue weighted by Gasteiger charge is 2.22. The molecule has 8 heteroatoms. The van der Waals surface area contributed by atoms with Crippen molar-refractivity contribution in [2.45, 2.75) is 32.6 Å². The molecule has 3 rings (SSSR count). The summed E-state index contributed by atoms with van der Waals surface area (Å²) < 4.78 is 42.0. The van der Waals surface area contributed by atoms with Gasteiger partial charge in [-0.15, -0.1) is 0 Å². The fourth-order valence-corrected chi connectivity index (χ4v) is 5.29. The highest BCUT2D eigenvalue weighted by molar-refractivity contribution is 7.89. The average Bonchev–Trinajstić information content (AvgIpc) is 2.72. The third-order valence-electron chi connectivity index (χ3n) is 5.27. The molecule has 0 radical (unpaired) electrons. The standard InChI is InChI=1S/C25H28FN3O3S/c1-17-15-19(3)24(20(4)16-17)33(31,32)27-13-14-29(22-11-9-21(26)10-12-22)25(30)28-23-8-6-5-7-18(23)2/h5-12,15-16,27H,13-14H2,1-4H3,(H,28,30). The second kappa shape index (κ2) is 10.1. The summed E-state index contributed by atoms with van der Waals surface area (Å²) in [5.41, 5.74) is 4.28.